The van der Waals surface area contributed by atoms with E-state index >= 15 is 0 Å². The van der Waals surface area contributed by atoms with Gasteiger partial charge in [0, 0.05) is 44.7 Å². The molecule has 0 N–H and O–H groups in total. The molecule has 0 amide bonds. The summed E-state index contributed by atoms with van der Waals surface area (Å²) in [7, 11) is 0. The van der Waals surface area contributed by atoms with Crippen molar-refractivity contribution in [2.24, 2.45) is 0 Å². The molecule has 4 nitrogen and oxygen atoms in total. The Morgan fingerprint density at radius 3 is 1.77 bits per heavy atom. The predicted octanol–water partition coefficient (Wildman–Crippen LogP) is 14.5. The highest BCUT2D eigenvalue weighted by Crippen LogP contribution is 2.46. The molecular weight excluding hydrogens is 695 g/mol. The standard InChI is InChI=1S/C53H35N3O/c1-2-12-36(13-3-1)37-24-26-38(27-25-37)40-14-10-15-42(34-40)56(51-23-11-19-47-46-32-33-54-35-52(46)57-53(47)51)48-20-7-4-16-43(48)39-28-30-41(31-29-39)55-49-21-8-5-17-44(49)45-18-6-9-22-50(45)55/h1-35H. The second-order valence-corrected chi connectivity index (χ2v) is 14.4. The van der Waals surface area contributed by atoms with E-state index in [-0.39, 0.29) is 0 Å². The number of fused-ring (bicyclic) bond motifs is 6. The van der Waals surface area contributed by atoms with Gasteiger partial charge in [0.05, 0.1) is 28.6 Å². The monoisotopic (exact) mass is 729 g/mol. The molecular formula is C53H35N3O. The third-order valence-electron chi connectivity index (χ3n) is 11.1. The molecule has 0 aliphatic carbocycles. The number of rotatable bonds is 7. The first-order chi connectivity index (χ1) is 28.3. The van der Waals surface area contributed by atoms with E-state index in [9.17, 15) is 0 Å². The topological polar surface area (TPSA) is 34.2 Å². The minimum atomic E-state index is 0.765. The summed E-state index contributed by atoms with van der Waals surface area (Å²) in [4.78, 5) is 6.72. The molecule has 11 aromatic rings. The van der Waals surface area contributed by atoms with Crippen molar-refractivity contribution in [3.8, 4) is 39.1 Å². The van der Waals surface area contributed by atoms with E-state index in [1.54, 1.807) is 6.20 Å². The maximum Gasteiger partial charge on any atom is 0.159 e. The molecule has 3 heterocycles. The maximum atomic E-state index is 6.64. The van der Waals surface area contributed by atoms with Gasteiger partial charge in [0.15, 0.2) is 11.2 Å². The zero-order valence-corrected chi connectivity index (χ0v) is 31.0. The van der Waals surface area contributed by atoms with Crippen LogP contribution in [0.5, 0.6) is 0 Å². The van der Waals surface area contributed by atoms with E-state index in [2.05, 4.69) is 209 Å². The molecule has 0 aliphatic heterocycles. The van der Waals surface area contributed by atoms with Crippen molar-refractivity contribution >= 4 is 60.8 Å². The Balaban J connectivity index is 1.06. The van der Waals surface area contributed by atoms with Crippen molar-refractivity contribution in [1.29, 1.82) is 0 Å². The van der Waals surface area contributed by atoms with Gasteiger partial charge >= 0.3 is 0 Å². The van der Waals surface area contributed by atoms with Crippen molar-refractivity contribution in [3.63, 3.8) is 0 Å². The van der Waals surface area contributed by atoms with Crippen molar-refractivity contribution in [2.45, 2.75) is 0 Å². The van der Waals surface area contributed by atoms with E-state index < -0.39 is 0 Å². The Hall–Kier alpha value is -7.69. The third kappa shape index (κ3) is 5.58. The van der Waals surface area contributed by atoms with Gasteiger partial charge in [-0.05, 0) is 82.4 Å². The molecule has 0 unspecified atom stereocenters. The van der Waals surface area contributed by atoms with Gasteiger partial charge in [-0.2, -0.15) is 0 Å². The van der Waals surface area contributed by atoms with Crippen LogP contribution in [0.1, 0.15) is 0 Å². The highest BCUT2D eigenvalue weighted by atomic mass is 16.3. The number of furan rings is 1. The van der Waals surface area contributed by atoms with Crippen molar-refractivity contribution < 1.29 is 4.42 Å². The first-order valence-electron chi connectivity index (χ1n) is 19.3. The van der Waals surface area contributed by atoms with Crippen molar-refractivity contribution in [3.05, 3.63) is 213 Å². The molecule has 0 spiro atoms. The van der Waals surface area contributed by atoms with Crippen LogP contribution < -0.4 is 4.90 Å². The largest absolute Gasteiger partial charge is 0.452 e. The second-order valence-electron chi connectivity index (χ2n) is 14.4. The van der Waals surface area contributed by atoms with Crippen LogP contribution in [0.2, 0.25) is 0 Å². The Morgan fingerprint density at radius 1 is 0.421 bits per heavy atom. The Morgan fingerprint density at radius 2 is 1.00 bits per heavy atom. The number of hydrogen-bond acceptors (Lipinski definition) is 3. The van der Waals surface area contributed by atoms with Gasteiger partial charge in [-0.3, -0.25) is 4.98 Å². The van der Waals surface area contributed by atoms with Crippen LogP contribution in [0.3, 0.4) is 0 Å². The second kappa shape index (κ2) is 13.6. The molecule has 0 atom stereocenters. The predicted molar refractivity (Wildman–Crippen MR) is 237 cm³/mol. The summed E-state index contributed by atoms with van der Waals surface area (Å²) in [5, 5.41) is 4.60. The highest BCUT2D eigenvalue weighted by molar-refractivity contribution is 6.11. The number of hydrogen-bond donors (Lipinski definition) is 0. The number of aromatic nitrogens is 2. The lowest BCUT2D eigenvalue weighted by atomic mass is 9.98. The van der Waals surface area contributed by atoms with Crippen LogP contribution >= 0.6 is 0 Å². The smallest absolute Gasteiger partial charge is 0.159 e. The van der Waals surface area contributed by atoms with E-state index in [0.717, 1.165) is 66.9 Å². The summed E-state index contributed by atoms with van der Waals surface area (Å²) in [6, 6.07) is 71.5. The molecule has 11 rings (SSSR count). The molecule has 0 fully saturated rings. The number of anilines is 3. The highest BCUT2D eigenvalue weighted by Gasteiger charge is 2.22. The van der Waals surface area contributed by atoms with Crippen LogP contribution in [-0.2, 0) is 0 Å². The lowest BCUT2D eigenvalue weighted by Gasteiger charge is -2.28. The van der Waals surface area contributed by atoms with Gasteiger partial charge in [0.1, 0.15) is 0 Å². The molecule has 0 saturated carbocycles. The van der Waals surface area contributed by atoms with Crippen molar-refractivity contribution in [2.75, 3.05) is 4.90 Å². The lowest BCUT2D eigenvalue weighted by molar-refractivity contribution is 0.667. The van der Waals surface area contributed by atoms with E-state index in [1.165, 1.54) is 32.9 Å². The van der Waals surface area contributed by atoms with Crippen LogP contribution in [0, 0.1) is 0 Å². The summed E-state index contributed by atoms with van der Waals surface area (Å²) in [5.74, 6) is 0. The van der Waals surface area contributed by atoms with E-state index in [0.29, 0.717) is 0 Å². The Labute approximate surface area is 330 Å². The number of nitrogens with zero attached hydrogens (tertiary/aromatic N) is 3. The van der Waals surface area contributed by atoms with Crippen LogP contribution in [0.15, 0.2) is 217 Å². The Bertz CT molecular complexity index is 3180. The van der Waals surface area contributed by atoms with Crippen LogP contribution in [0.25, 0.3) is 82.8 Å². The summed E-state index contributed by atoms with van der Waals surface area (Å²) in [5.41, 5.74) is 15.0. The molecule has 268 valence electrons. The van der Waals surface area contributed by atoms with Crippen LogP contribution in [-0.4, -0.2) is 9.55 Å². The fourth-order valence-corrected chi connectivity index (χ4v) is 8.44. The van der Waals surface area contributed by atoms with Gasteiger partial charge in [0.25, 0.3) is 0 Å². The van der Waals surface area contributed by atoms with Gasteiger partial charge in [-0.15, -0.1) is 0 Å². The third-order valence-corrected chi connectivity index (χ3v) is 11.1. The number of para-hydroxylation sites is 4. The first-order valence-corrected chi connectivity index (χ1v) is 19.3. The fourth-order valence-electron chi connectivity index (χ4n) is 8.44. The zero-order valence-electron chi connectivity index (χ0n) is 31.0. The molecule has 4 heteroatoms. The van der Waals surface area contributed by atoms with Gasteiger partial charge in [0.2, 0.25) is 0 Å². The molecule has 0 bridgehead atoms. The van der Waals surface area contributed by atoms with Gasteiger partial charge < -0.3 is 13.9 Å². The molecule has 3 aromatic heterocycles. The maximum absolute atomic E-state index is 6.64. The first kappa shape index (κ1) is 32.7. The number of pyridine rings is 1. The van der Waals surface area contributed by atoms with Gasteiger partial charge in [-0.25, -0.2) is 0 Å². The minimum absolute atomic E-state index is 0.765. The molecule has 57 heavy (non-hydrogen) atoms. The average molecular weight is 730 g/mol. The summed E-state index contributed by atoms with van der Waals surface area (Å²) in [6.07, 6.45) is 3.63. The number of benzene rings is 8. The van der Waals surface area contributed by atoms with Gasteiger partial charge in [-0.1, -0.05) is 146 Å². The van der Waals surface area contributed by atoms with Crippen LogP contribution in [0.4, 0.5) is 17.1 Å². The quantitative estimate of drug-likeness (QED) is 0.164. The van der Waals surface area contributed by atoms with E-state index in [1.807, 2.05) is 12.3 Å². The summed E-state index contributed by atoms with van der Waals surface area (Å²) < 4.78 is 9.01. The summed E-state index contributed by atoms with van der Waals surface area (Å²) >= 11 is 0. The minimum Gasteiger partial charge on any atom is -0.452 e. The van der Waals surface area contributed by atoms with Crippen molar-refractivity contribution in [1.82, 2.24) is 9.55 Å². The lowest BCUT2D eigenvalue weighted by Crippen LogP contribution is -2.11. The average Bonchev–Trinajstić information content (AvgIpc) is 3.84. The fraction of sp³-hybridized carbons (Fsp3) is 0. The van der Waals surface area contributed by atoms with E-state index in [4.69, 9.17) is 4.42 Å². The molecule has 0 saturated heterocycles. The molecule has 0 radical (unpaired) electrons. The normalized spacial score (nSPS) is 11.5. The molecule has 8 aromatic carbocycles. The zero-order chi connectivity index (χ0) is 37.7. The Kier molecular flexibility index (Phi) is 7.78. The molecule has 0 aliphatic rings. The summed E-state index contributed by atoms with van der Waals surface area (Å²) in [6.45, 7) is 0. The SMILES string of the molecule is c1ccc(-c2ccc(-c3cccc(N(c4ccccc4-c4ccc(-n5c6ccccc6c6ccccc65)cc4)c4cccc5c4oc4cnccc45)c3)cc2)cc1.